The second-order valence-corrected chi connectivity index (χ2v) is 4.70. The molecule has 1 aromatic heterocycles. The summed E-state index contributed by atoms with van der Waals surface area (Å²) in [5.74, 6) is 0.828. The third-order valence-corrected chi connectivity index (χ3v) is 3.67. The van der Waals surface area contributed by atoms with Gasteiger partial charge in [0.1, 0.15) is 5.15 Å². The lowest BCUT2D eigenvalue weighted by Crippen LogP contribution is -2.63. The molecular formula is C11H14ClN3. The highest BCUT2D eigenvalue weighted by atomic mass is 35.5. The van der Waals surface area contributed by atoms with Crippen LogP contribution in [-0.4, -0.2) is 30.7 Å². The average molecular weight is 224 g/mol. The van der Waals surface area contributed by atoms with Gasteiger partial charge in [0.05, 0.1) is 11.9 Å². The lowest BCUT2D eigenvalue weighted by molar-refractivity contribution is 0.230. The molecule has 0 saturated carbocycles. The summed E-state index contributed by atoms with van der Waals surface area (Å²) in [5, 5.41) is 4.00. The van der Waals surface area contributed by atoms with Crippen LogP contribution in [0.4, 0.5) is 5.69 Å². The van der Waals surface area contributed by atoms with Crippen LogP contribution in [0.3, 0.4) is 0 Å². The van der Waals surface area contributed by atoms with Gasteiger partial charge in [-0.3, -0.25) is 0 Å². The minimum Gasteiger partial charge on any atom is -0.366 e. The highest BCUT2D eigenvalue weighted by Gasteiger charge is 2.40. The van der Waals surface area contributed by atoms with Gasteiger partial charge in [-0.15, -0.1) is 0 Å². The van der Waals surface area contributed by atoms with E-state index in [1.165, 1.54) is 18.7 Å². The minimum absolute atomic E-state index is 0.570. The van der Waals surface area contributed by atoms with Crippen LogP contribution in [-0.2, 0) is 0 Å². The number of rotatable bonds is 1. The molecule has 0 spiro atoms. The van der Waals surface area contributed by atoms with E-state index in [4.69, 9.17) is 11.6 Å². The Kier molecular flexibility index (Phi) is 2.29. The van der Waals surface area contributed by atoms with Crippen LogP contribution >= 0.6 is 11.6 Å². The number of pyridine rings is 1. The molecule has 0 aromatic carbocycles. The molecule has 3 heterocycles. The van der Waals surface area contributed by atoms with Crippen LogP contribution in [0.1, 0.15) is 6.42 Å². The normalized spacial score (nSPS) is 29.5. The standard InChI is InChI=1S/C11H14ClN3/c12-11-2-1-9(6-14-11)15-7-8-5-13-4-3-10(8)15/h1-2,6,8,10,13H,3-5,7H2/t8-,10-/m1/s1. The van der Waals surface area contributed by atoms with E-state index in [2.05, 4.69) is 21.3 Å². The largest absolute Gasteiger partial charge is 0.366 e. The average Bonchev–Trinajstić information content (AvgIpc) is 2.23. The van der Waals surface area contributed by atoms with Crippen LogP contribution in [0, 0.1) is 5.92 Å². The molecule has 0 unspecified atom stereocenters. The minimum atomic E-state index is 0.570. The van der Waals surface area contributed by atoms with Gasteiger partial charge in [0.25, 0.3) is 0 Å². The lowest BCUT2D eigenvalue weighted by Gasteiger charge is -2.52. The van der Waals surface area contributed by atoms with Crippen LogP contribution in [0.5, 0.6) is 0 Å². The zero-order chi connectivity index (χ0) is 10.3. The molecule has 4 heteroatoms. The summed E-state index contributed by atoms with van der Waals surface area (Å²) in [4.78, 5) is 6.57. The van der Waals surface area contributed by atoms with E-state index in [0.717, 1.165) is 19.0 Å². The monoisotopic (exact) mass is 223 g/mol. The van der Waals surface area contributed by atoms with E-state index in [1.807, 2.05) is 12.3 Å². The number of nitrogens with one attached hydrogen (secondary N) is 1. The van der Waals surface area contributed by atoms with Gasteiger partial charge in [0, 0.05) is 25.0 Å². The highest BCUT2D eigenvalue weighted by Crippen LogP contribution is 2.34. The molecule has 2 fully saturated rings. The summed E-state index contributed by atoms with van der Waals surface area (Å²) >= 11 is 5.78. The van der Waals surface area contributed by atoms with E-state index in [-0.39, 0.29) is 0 Å². The Morgan fingerprint density at radius 2 is 2.40 bits per heavy atom. The molecular weight excluding hydrogens is 210 g/mol. The molecule has 0 radical (unpaired) electrons. The Bertz CT molecular complexity index is 351. The molecule has 1 aromatic rings. The number of nitrogens with zero attached hydrogens (tertiary/aromatic N) is 2. The molecule has 80 valence electrons. The number of hydrogen-bond donors (Lipinski definition) is 1. The van der Waals surface area contributed by atoms with Gasteiger partial charge >= 0.3 is 0 Å². The Morgan fingerprint density at radius 3 is 3.13 bits per heavy atom. The van der Waals surface area contributed by atoms with Crippen molar-refractivity contribution < 1.29 is 0 Å². The SMILES string of the molecule is Clc1ccc(N2C[C@H]3CNCC[C@H]32)cn1. The zero-order valence-corrected chi connectivity index (χ0v) is 9.24. The van der Waals surface area contributed by atoms with Crippen molar-refractivity contribution >= 4 is 17.3 Å². The predicted molar refractivity (Wildman–Crippen MR) is 61.4 cm³/mol. The van der Waals surface area contributed by atoms with Crippen LogP contribution in [0.25, 0.3) is 0 Å². The fourth-order valence-electron chi connectivity index (χ4n) is 2.59. The third-order valence-electron chi connectivity index (χ3n) is 3.44. The van der Waals surface area contributed by atoms with Crippen LogP contribution in [0.15, 0.2) is 18.3 Å². The first-order valence-corrected chi connectivity index (χ1v) is 5.81. The summed E-state index contributed by atoms with van der Waals surface area (Å²) < 4.78 is 0. The first-order valence-electron chi connectivity index (χ1n) is 5.43. The smallest absolute Gasteiger partial charge is 0.129 e. The van der Waals surface area contributed by atoms with Crippen molar-refractivity contribution in [2.75, 3.05) is 24.5 Å². The number of halogens is 1. The van der Waals surface area contributed by atoms with E-state index in [9.17, 15) is 0 Å². The summed E-state index contributed by atoms with van der Waals surface area (Å²) in [6.07, 6.45) is 3.12. The quantitative estimate of drug-likeness (QED) is 0.732. The van der Waals surface area contributed by atoms with Gasteiger partial charge in [-0.05, 0) is 25.1 Å². The number of aromatic nitrogens is 1. The van der Waals surface area contributed by atoms with Gasteiger partial charge < -0.3 is 10.2 Å². The number of fused-ring (bicyclic) bond motifs is 1. The lowest BCUT2D eigenvalue weighted by atomic mass is 9.83. The topological polar surface area (TPSA) is 28.2 Å². The number of piperidine rings is 1. The molecule has 2 atom stereocenters. The Hall–Kier alpha value is -0.800. The molecule has 0 amide bonds. The Morgan fingerprint density at radius 1 is 1.47 bits per heavy atom. The van der Waals surface area contributed by atoms with Crippen molar-refractivity contribution in [2.45, 2.75) is 12.5 Å². The Labute approximate surface area is 94.4 Å². The van der Waals surface area contributed by atoms with E-state index in [1.54, 1.807) is 0 Å². The molecule has 2 aliphatic heterocycles. The summed E-state index contributed by atoms with van der Waals surface area (Å²) in [7, 11) is 0. The first kappa shape index (κ1) is 9.43. The van der Waals surface area contributed by atoms with Gasteiger partial charge in [-0.25, -0.2) is 4.98 Å². The van der Waals surface area contributed by atoms with Crippen molar-refractivity contribution in [3.63, 3.8) is 0 Å². The molecule has 1 N–H and O–H groups in total. The second kappa shape index (κ2) is 3.65. The molecule has 3 nitrogen and oxygen atoms in total. The molecule has 2 aliphatic rings. The third kappa shape index (κ3) is 1.60. The Balaban J connectivity index is 1.76. The van der Waals surface area contributed by atoms with E-state index < -0.39 is 0 Å². The number of hydrogen-bond acceptors (Lipinski definition) is 3. The highest BCUT2D eigenvalue weighted by molar-refractivity contribution is 6.29. The van der Waals surface area contributed by atoms with Crippen molar-refractivity contribution in [1.82, 2.24) is 10.3 Å². The van der Waals surface area contributed by atoms with Gasteiger partial charge in [-0.2, -0.15) is 0 Å². The van der Waals surface area contributed by atoms with Crippen molar-refractivity contribution in [3.8, 4) is 0 Å². The summed E-state index contributed by atoms with van der Waals surface area (Å²) in [5.41, 5.74) is 1.21. The summed E-state index contributed by atoms with van der Waals surface area (Å²) in [6.45, 7) is 3.46. The second-order valence-electron chi connectivity index (χ2n) is 4.31. The first-order chi connectivity index (χ1) is 7.34. The van der Waals surface area contributed by atoms with Crippen LogP contribution in [0.2, 0.25) is 5.15 Å². The molecule has 2 saturated heterocycles. The van der Waals surface area contributed by atoms with Gasteiger partial charge in [-0.1, -0.05) is 11.6 Å². The fourth-order valence-corrected chi connectivity index (χ4v) is 2.70. The van der Waals surface area contributed by atoms with E-state index in [0.29, 0.717) is 11.2 Å². The fraction of sp³-hybridized carbons (Fsp3) is 0.545. The maximum atomic E-state index is 5.78. The number of anilines is 1. The van der Waals surface area contributed by atoms with Crippen LogP contribution < -0.4 is 10.2 Å². The molecule has 3 rings (SSSR count). The molecule has 0 aliphatic carbocycles. The van der Waals surface area contributed by atoms with Crippen molar-refractivity contribution in [2.24, 2.45) is 5.92 Å². The maximum Gasteiger partial charge on any atom is 0.129 e. The van der Waals surface area contributed by atoms with Gasteiger partial charge in [0.15, 0.2) is 0 Å². The summed E-state index contributed by atoms with van der Waals surface area (Å²) in [6, 6.07) is 4.65. The predicted octanol–water partition coefficient (Wildman–Crippen LogP) is 1.53. The van der Waals surface area contributed by atoms with Crippen molar-refractivity contribution in [3.05, 3.63) is 23.5 Å². The van der Waals surface area contributed by atoms with Gasteiger partial charge in [0.2, 0.25) is 0 Å². The maximum absolute atomic E-state index is 5.78. The molecule has 15 heavy (non-hydrogen) atoms. The zero-order valence-electron chi connectivity index (χ0n) is 8.49. The van der Waals surface area contributed by atoms with Crippen molar-refractivity contribution in [1.29, 1.82) is 0 Å². The molecule has 0 bridgehead atoms. The van der Waals surface area contributed by atoms with E-state index >= 15 is 0 Å².